The monoisotopic (exact) mass is 410 g/mol. The molecule has 1 aliphatic heterocycles. The van der Waals surface area contributed by atoms with E-state index in [0.717, 1.165) is 22.9 Å². The van der Waals surface area contributed by atoms with E-state index in [1.54, 1.807) is 0 Å². The number of fused-ring (bicyclic) bond motifs is 1. The molecule has 0 spiro atoms. The van der Waals surface area contributed by atoms with E-state index in [1.165, 1.54) is 11.3 Å². The Balaban J connectivity index is 1.41. The van der Waals surface area contributed by atoms with Crippen molar-refractivity contribution in [2.75, 3.05) is 26.3 Å². The van der Waals surface area contributed by atoms with E-state index in [4.69, 9.17) is 21.1 Å². The molecule has 1 aliphatic rings. The van der Waals surface area contributed by atoms with Crippen LogP contribution in [0.3, 0.4) is 0 Å². The number of thiophene rings is 1. The summed E-state index contributed by atoms with van der Waals surface area (Å²) in [5, 5.41) is 6.26. The molecule has 1 fully saturated rings. The van der Waals surface area contributed by atoms with Crippen molar-refractivity contribution in [3.05, 3.63) is 34.2 Å². The van der Waals surface area contributed by atoms with Crippen LogP contribution in [0.1, 0.15) is 22.5 Å². The van der Waals surface area contributed by atoms with Gasteiger partial charge in [-0.1, -0.05) is 29.8 Å². The van der Waals surface area contributed by atoms with Crippen molar-refractivity contribution in [3.8, 4) is 0 Å². The molecule has 2 aromatic rings. The number of ether oxygens (including phenoxy) is 2. The van der Waals surface area contributed by atoms with Gasteiger partial charge in [-0.05, 0) is 18.9 Å². The predicted molar refractivity (Wildman–Crippen MR) is 102 cm³/mol. The number of carbonyl (C=O) groups excluding carboxylic acids is 3. The third-order valence-electron chi connectivity index (χ3n) is 4.05. The molecular weight excluding hydrogens is 392 g/mol. The average Bonchev–Trinajstić information content (AvgIpc) is 3.31. The first-order chi connectivity index (χ1) is 13.0. The molecule has 2 amide bonds. The Kier molecular flexibility index (Phi) is 6.65. The summed E-state index contributed by atoms with van der Waals surface area (Å²) in [5.74, 6) is -1.56. The van der Waals surface area contributed by atoms with E-state index >= 15 is 0 Å². The number of hydrogen-bond acceptors (Lipinski definition) is 6. The van der Waals surface area contributed by atoms with Gasteiger partial charge in [-0.25, -0.2) is 0 Å². The highest BCUT2D eigenvalue weighted by Gasteiger charge is 2.19. The van der Waals surface area contributed by atoms with Gasteiger partial charge < -0.3 is 20.1 Å². The Bertz CT molecular complexity index is 847. The van der Waals surface area contributed by atoms with Crippen molar-refractivity contribution in [3.63, 3.8) is 0 Å². The smallest absolute Gasteiger partial charge is 0.325 e. The van der Waals surface area contributed by atoms with Crippen LogP contribution < -0.4 is 10.6 Å². The van der Waals surface area contributed by atoms with Crippen LogP contribution in [0.2, 0.25) is 5.02 Å². The molecule has 0 aliphatic carbocycles. The van der Waals surface area contributed by atoms with Gasteiger partial charge in [0.25, 0.3) is 11.8 Å². The van der Waals surface area contributed by atoms with E-state index in [2.05, 4.69) is 10.6 Å². The van der Waals surface area contributed by atoms with Crippen LogP contribution in [0.5, 0.6) is 0 Å². The summed E-state index contributed by atoms with van der Waals surface area (Å²) >= 11 is 7.48. The van der Waals surface area contributed by atoms with Crippen molar-refractivity contribution < 1.29 is 23.9 Å². The van der Waals surface area contributed by atoms with Gasteiger partial charge in [-0.3, -0.25) is 14.4 Å². The molecule has 144 valence electrons. The molecule has 1 aromatic carbocycles. The molecule has 3 rings (SSSR count). The largest absolute Gasteiger partial charge is 0.454 e. The quantitative estimate of drug-likeness (QED) is 0.682. The minimum absolute atomic E-state index is 0.0231. The predicted octanol–water partition coefficient (Wildman–Crippen LogP) is 2.12. The molecular formula is C18H19ClN2O5S. The van der Waals surface area contributed by atoms with E-state index < -0.39 is 24.4 Å². The lowest BCUT2D eigenvalue weighted by molar-refractivity contribution is -0.147. The number of benzene rings is 1. The van der Waals surface area contributed by atoms with E-state index in [0.29, 0.717) is 23.1 Å². The Hall–Kier alpha value is -2.16. The van der Waals surface area contributed by atoms with Gasteiger partial charge in [0.15, 0.2) is 6.61 Å². The van der Waals surface area contributed by atoms with Crippen LogP contribution in [0, 0.1) is 0 Å². The molecule has 1 atom stereocenters. The molecule has 0 bridgehead atoms. The second-order valence-corrected chi connectivity index (χ2v) is 7.45. The van der Waals surface area contributed by atoms with Crippen LogP contribution in [-0.2, 0) is 19.1 Å². The zero-order valence-electron chi connectivity index (χ0n) is 14.5. The van der Waals surface area contributed by atoms with Crippen LogP contribution in [0.4, 0.5) is 0 Å². The number of carbonyl (C=O) groups is 3. The van der Waals surface area contributed by atoms with Gasteiger partial charge in [-0.15, -0.1) is 11.3 Å². The topological polar surface area (TPSA) is 93.7 Å². The second-order valence-electron chi connectivity index (χ2n) is 6.02. The van der Waals surface area contributed by atoms with Crippen molar-refractivity contribution >= 4 is 50.8 Å². The van der Waals surface area contributed by atoms with Gasteiger partial charge in [0.2, 0.25) is 0 Å². The highest BCUT2D eigenvalue weighted by molar-refractivity contribution is 7.21. The summed E-state index contributed by atoms with van der Waals surface area (Å²) in [4.78, 5) is 36.0. The summed E-state index contributed by atoms with van der Waals surface area (Å²) in [5.41, 5.74) is 0. The van der Waals surface area contributed by atoms with Crippen molar-refractivity contribution in [1.82, 2.24) is 10.6 Å². The molecule has 1 unspecified atom stereocenters. The lowest BCUT2D eigenvalue weighted by Crippen LogP contribution is -2.36. The van der Waals surface area contributed by atoms with E-state index in [9.17, 15) is 14.4 Å². The Morgan fingerprint density at radius 2 is 2.07 bits per heavy atom. The fourth-order valence-electron chi connectivity index (χ4n) is 2.67. The first-order valence-corrected chi connectivity index (χ1v) is 9.73. The molecule has 2 heterocycles. The number of halogens is 1. The van der Waals surface area contributed by atoms with Crippen molar-refractivity contribution in [1.29, 1.82) is 0 Å². The fourth-order valence-corrected chi connectivity index (χ4v) is 4.11. The lowest BCUT2D eigenvalue weighted by Gasteiger charge is -2.11. The third kappa shape index (κ3) is 5.18. The summed E-state index contributed by atoms with van der Waals surface area (Å²) in [6.45, 7) is 0.365. The second kappa shape index (κ2) is 9.16. The normalized spacial score (nSPS) is 16.3. The number of amides is 2. The molecule has 0 saturated carbocycles. The SMILES string of the molecule is O=C(COC(=O)CNC(=O)c1sc2ccccc2c1Cl)NCC1CCCO1. The zero-order valence-corrected chi connectivity index (χ0v) is 16.0. The zero-order chi connectivity index (χ0) is 19.2. The summed E-state index contributed by atoms with van der Waals surface area (Å²) in [6, 6.07) is 7.39. The fraction of sp³-hybridized carbons (Fsp3) is 0.389. The van der Waals surface area contributed by atoms with Gasteiger partial charge in [0.1, 0.15) is 11.4 Å². The Morgan fingerprint density at radius 1 is 1.26 bits per heavy atom. The summed E-state index contributed by atoms with van der Waals surface area (Å²) in [7, 11) is 0. The van der Waals surface area contributed by atoms with E-state index in [1.807, 2.05) is 24.3 Å². The third-order valence-corrected chi connectivity index (χ3v) is 5.72. The molecule has 1 aromatic heterocycles. The van der Waals surface area contributed by atoms with Gasteiger partial charge in [0.05, 0.1) is 11.1 Å². The number of rotatable bonds is 7. The van der Waals surface area contributed by atoms with Crippen LogP contribution in [-0.4, -0.2) is 50.2 Å². The first-order valence-electron chi connectivity index (χ1n) is 8.53. The van der Waals surface area contributed by atoms with Gasteiger partial charge in [0, 0.05) is 23.2 Å². The molecule has 7 nitrogen and oxygen atoms in total. The van der Waals surface area contributed by atoms with Crippen molar-refractivity contribution in [2.45, 2.75) is 18.9 Å². The molecule has 9 heteroatoms. The van der Waals surface area contributed by atoms with Crippen LogP contribution >= 0.6 is 22.9 Å². The molecule has 2 N–H and O–H groups in total. The number of hydrogen-bond donors (Lipinski definition) is 2. The maximum Gasteiger partial charge on any atom is 0.325 e. The molecule has 0 radical (unpaired) electrons. The lowest BCUT2D eigenvalue weighted by atomic mass is 10.2. The average molecular weight is 411 g/mol. The standard InChI is InChI=1S/C18H19ClN2O5S/c19-16-12-5-1-2-6-13(12)27-17(16)18(24)21-9-15(23)26-10-14(22)20-8-11-4-3-7-25-11/h1-2,5-6,11H,3-4,7-10H2,(H,20,22)(H,21,24). The molecule has 1 saturated heterocycles. The van der Waals surface area contributed by atoms with Gasteiger partial charge in [-0.2, -0.15) is 0 Å². The maximum absolute atomic E-state index is 12.2. The van der Waals surface area contributed by atoms with Crippen LogP contribution in [0.25, 0.3) is 10.1 Å². The minimum Gasteiger partial charge on any atom is -0.454 e. The maximum atomic E-state index is 12.2. The Morgan fingerprint density at radius 3 is 2.81 bits per heavy atom. The Labute approximate surface area is 165 Å². The summed E-state index contributed by atoms with van der Waals surface area (Å²) in [6.07, 6.45) is 1.92. The number of nitrogens with one attached hydrogen (secondary N) is 2. The van der Waals surface area contributed by atoms with E-state index in [-0.39, 0.29) is 12.6 Å². The first kappa shape index (κ1) is 19.6. The highest BCUT2D eigenvalue weighted by atomic mass is 35.5. The van der Waals surface area contributed by atoms with Crippen molar-refractivity contribution in [2.24, 2.45) is 0 Å². The number of esters is 1. The highest BCUT2D eigenvalue weighted by Crippen LogP contribution is 2.34. The van der Waals surface area contributed by atoms with Gasteiger partial charge >= 0.3 is 5.97 Å². The molecule has 27 heavy (non-hydrogen) atoms. The van der Waals surface area contributed by atoms with Crippen LogP contribution in [0.15, 0.2) is 24.3 Å². The minimum atomic E-state index is -0.701. The summed E-state index contributed by atoms with van der Waals surface area (Å²) < 4.78 is 11.1.